The largest absolute Gasteiger partial charge is 0.458 e. The number of benzene rings is 3. The Morgan fingerprint density at radius 3 is 1.45 bits per heavy atom. The van der Waals surface area contributed by atoms with Gasteiger partial charge in [-0.2, -0.15) is 0 Å². The highest BCUT2D eigenvalue weighted by Crippen LogP contribution is 2.27. The summed E-state index contributed by atoms with van der Waals surface area (Å²) in [5, 5.41) is 5.63. The van der Waals surface area contributed by atoms with Crippen LogP contribution in [0.2, 0.25) is 0 Å². The Balaban J connectivity index is 1.66. The predicted octanol–water partition coefficient (Wildman–Crippen LogP) is 6.70. The van der Waals surface area contributed by atoms with E-state index in [1.54, 1.807) is 120 Å². The van der Waals surface area contributed by atoms with Gasteiger partial charge in [-0.1, -0.05) is 79.4 Å². The number of carbonyl (C=O) groups excluding carboxylic acids is 5. The van der Waals surface area contributed by atoms with Gasteiger partial charge in [-0.15, -0.1) is 0 Å². The standard InChI is InChI=1S/C42H50N2O12/c1-28(2)23-53-54-27-35(26-52-38(47)31-18-13-10-14-19-31)56-40(49)44-42(7,8)33-21-15-20-32(22-33)41(5,6)43-39(48)55-34(24-50-36(45)29(3)4)25-51-37(46)30-16-11-9-12-17-30/h9-22,34-35H,1,3,23-27H2,2,4-8H3,(H,43,48)(H,44,49). The first kappa shape index (κ1) is 44.4. The molecule has 0 bridgehead atoms. The van der Waals surface area contributed by atoms with Crippen molar-refractivity contribution in [2.24, 2.45) is 0 Å². The highest BCUT2D eigenvalue weighted by atomic mass is 17.2. The zero-order valence-electron chi connectivity index (χ0n) is 32.6. The summed E-state index contributed by atoms with van der Waals surface area (Å²) < 4.78 is 27.1. The molecule has 14 heteroatoms. The van der Waals surface area contributed by atoms with Crippen molar-refractivity contribution in [1.29, 1.82) is 0 Å². The molecule has 0 aromatic heterocycles. The zero-order valence-corrected chi connectivity index (χ0v) is 32.6. The Labute approximate surface area is 327 Å². The van der Waals surface area contributed by atoms with Crippen LogP contribution in [0.1, 0.15) is 73.4 Å². The molecule has 0 aliphatic rings. The third kappa shape index (κ3) is 15.0. The number of amides is 2. The van der Waals surface area contributed by atoms with Gasteiger partial charge < -0.3 is 34.3 Å². The van der Waals surface area contributed by atoms with Crippen molar-refractivity contribution < 1.29 is 57.4 Å². The first-order chi connectivity index (χ1) is 26.5. The summed E-state index contributed by atoms with van der Waals surface area (Å²) in [5.41, 5.74) is 0.737. The van der Waals surface area contributed by atoms with Crippen LogP contribution in [0.25, 0.3) is 0 Å². The molecule has 0 heterocycles. The van der Waals surface area contributed by atoms with Crippen LogP contribution in [-0.2, 0) is 49.3 Å². The van der Waals surface area contributed by atoms with E-state index in [2.05, 4.69) is 23.8 Å². The fraction of sp³-hybridized carbons (Fsp3) is 0.357. The summed E-state index contributed by atoms with van der Waals surface area (Å²) in [6.45, 7) is 16.3. The summed E-state index contributed by atoms with van der Waals surface area (Å²) in [6, 6.07) is 23.7. The maximum absolute atomic E-state index is 13.2. The molecule has 0 spiro atoms. The number of carbonyl (C=O) groups is 5. The van der Waals surface area contributed by atoms with Crippen molar-refractivity contribution >= 4 is 30.1 Å². The molecule has 0 saturated heterocycles. The molecular formula is C42H50N2O12. The predicted molar refractivity (Wildman–Crippen MR) is 205 cm³/mol. The molecule has 2 unspecified atom stereocenters. The van der Waals surface area contributed by atoms with Crippen molar-refractivity contribution in [3.05, 3.63) is 131 Å². The molecule has 0 saturated carbocycles. The quantitative estimate of drug-likeness (QED) is 0.0237. The van der Waals surface area contributed by atoms with Crippen LogP contribution < -0.4 is 10.6 Å². The average molecular weight is 775 g/mol. The fourth-order valence-corrected chi connectivity index (χ4v) is 4.76. The lowest BCUT2D eigenvalue weighted by molar-refractivity contribution is -0.299. The molecule has 56 heavy (non-hydrogen) atoms. The Bertz CT molecular complexity index is 1830. The summed E-state index contributed by atoms with van der Waals surface area (Å²) in [6.07, 6.45) is -3.87. The Morgan fingerprint density at radius 2 is 1.02 bits per heavy atom. The maximum atomic E-state index is 13.2. The van der Waals surface area contributed by atoms with Crippen molar-refractivity contribution in [2.75, 3.05) is 33.0 Å². The van der Waals surface area contributed by atoms with E-state index in [0.717, 1.165) is 0 Å². The summed E-state index contributed by atoms with van der Waals surface area (Å²) >= 11 is 0. The molecule has 2 atom stereocenters. The van der Waals surface area contributed by atoms with Gasteiger partial charge in [0.05, 0.1) is 22.2 Å². The number of hydrogen-bond donors (Lipinski definition) is 2. The van der Waals surface area contributed by atoms with Crippen LogP contribution in [0.3, 0.4) is 0 Å². The first-order valence-electron chi connectivity index (χ1n) is 17.7. The van der Waals surface area contributed by atoms with Crippen LogP contribution >= 0.6 is 0 Å². The zero-order chi connectivity index (χ0) is 41.3. The second-order valence-electron chi connectivity index (χ2n) is 13.9. The van der Waals surface area contributed by atoms with Gasteiger partial charge in [-0.05, 0) is 76.9 Å². The molecule has 300 valence electrons. The van der Waals surface area contributed by atoms with Crippen molar-refractivity contribution in [2.45, 2.75) is 64.8 Å². The molecule has 2 amide bonds. The van der Waals surface area contributed by atoms with Gasteiger partial charge in [0.2, 0.25) is 0 Å². The smallest absolute Gasteiger partial charge is 0.408 e. The van der Waals surface area contributed by atoms with Gasteiger partial charge in [0.25, 0.3) is 0 Å². The normalized spacial score (nSPS) is 12.2. The SMILES string of the molecule is C=C(C)COOCC(COC(=O)c1ccccc1)OC(=O)NC(C)(C)c1cccc(C(C)(C)NC(=O)OC(COC(=O)C(=C)C)COC(=O)c2ccccc2)c1. The van der Waals surface area contributed by atoms with E-state index < -0.39 is 60.0 Å². The number of esters is 3. The monoisotopic (exact) mass is 774 g/mol. The molecule has 0 fully saturated rings. The first-order valence-corrected chi connectivity index (χ1v) is 17.7. The van der Waals surface area contributed by atoms with Crippen molar-refractivity contribution in [3.63, 3.8) is 0 Å². The molecule has 14 nitrogen and oxygen atoms in total. The molecule has 3 rings (SSSR count). The van der Waals surface area contributed by atoms with Gasteiger partial charge in [-0.25, -0.2) is 33.7 Å². The van der Waals surface area contributed by atoms with Crippen LogP contribution in [-0.4, -0.2) is 75.3 Å². The van der Waals surface area contributed by atoms with Gasteiger partial charge in [0, 0.05) is 5.57 Å². The Kier molecular flexibility index (Phi) is 16.8. The molecular weight excluding hydrogens is 724 g/mol. The number of hydrogen-bond acceptors (Lipinski definition) is 12. The van der Waals surface area contributed by atoms with Gasteiger partial charge in [0.15, 0.2) is 12.2 Å². The van der Waals surface area contributed by atoms with E-state index in [9.17, 15) is 24.0 Å². The van der Waals surface area contributed by atoms with E-state index in [0.29, 0.717) is 27.8 Å². The van der Waals surface area contributed by atoms with Gasteiger partial charge >= 0.3 is 30.1 Å². The van der Waals surface area contributed by atoms with Crippen LogP contribution in [0.5, 0.6) is 0 Å². The highest BCUT2D eigenvalue weighted by molar-refractivity contribution is 5.90. The minimum Gasteiger partial charge on any atom is -0.458 e. The molecule has 0 radical (unpaired) electrons. The van der Waals surface area contributed by atoms with Crippen molar-refractivity contribution in [1.82, 2.24) is 10.6 Å². The number of rotatable bonds is 20. The average Bonchev–Trinajstić information content (AvgIpc) is 3.16. The minimum atomic E-state index is -1.14. The minimum absolute atomic E-state index is 0.116. The van der Waals surface area contributed by atoms with Gasteiger partial charge in [0.1, 0.15) is 33.0 Å². The molecule has 2 N–H and O–H groups in total. The summed E-state index contributed by atoms with van der Waals surface area (Å²) in [4.78, 5) is 73.9. The maximum Gasteiger partial charge on any atom is 0.408 e. The van der Waals surface area contributed by atoms with Crippen LogP contribution in [0, 0.1) is 0 Å². The number of ether oxygens (including phenoxy) is 5. The van der Waals surface area contributed by atoms with Crippen LogP contribution in [0.15, 0.2) is 109 Å². The second kappa shape index (κ2) is 21.2. The highest BCUT2D eigenvalue weighted by Gasteiger charge is 2.31. The number of alkyl carbamates (subject to hydrolysis) is 2. The lowest BCUT2D eigenvalue weighted by Gasteiger charge is -2.31. The third-order valence-electron chi connectivity index (χ3n) is 7.89. The number of nitrogens with one attached hydrogen (secondary N) is 2. The molecule has 0 aliphatic heterocycles. The second-order valence-corrected chi connectivity index (χ2v) is 13.9. The lowest BCUT2D eigenvalue weighted by Crippen LogP contribution is -2.45. The third-order valence-corrected chi connectivity index (χ3v) is 7.89. The molecule has 0 aliphatic carbocycles. The van der Waals surface area contributed by atoms with E-state index in [1.165, 1.54) is 6.92 Å². The van der Waals surface area contributed by atoms with Crippen molar-refractivity contribution in [3.8, 4) is 0 Å². The molecule has 3 aromatic carbocycles. The van der Waals surface area contributed by atoms with E-state index >= 15 is 0 Å². The van der Waals surface area contributed by atoms with Gasteiger partial charge in [-0.3, -0.25) is 0 Å². The summed E-state index contributed by atoms with van der Waals surface area (Å²) in [5.74, 6) is -1.95. The lowest BCUT2D eigenvalue weighted by atomic mass is 9.87. The Morgan fingerprint density at radius 1 is 0.589 bits per heavy atom. The van der Waals surface area contributed by atoms with E-state index in [4.69, 9.17) is 33.5 Å². The topological polar surface area (TPSA) is 174 Å². The van der Waals surface area contributed by atoms with E-state index in [-0.39, 0.29) is 32.0 Å². The van der Waals surface area contributed by atoms with E-state index in [1.807, 2.05) is 0 Å². The Hall–Kier alpha value is -5.99. The molecule has 3 aromatic rings. The fourth-order valence-electron chi connectivity index (χ4n) is 4.76. The van der Waals surface area contributed by atoms with Crippen LogP contribution in [0.4, 0.5) is 9.59 Å². The summed E-state index contributed by atoms with van der Waals surface area (Å²) in [7, 11) is 0.